The van der Waals surface area contributed by atoms with Gasteiger partial charge in [0.15, 0.2) is 17.3 Å². The summed E-state index contributed by atoms with van der Waals surface area (Å²) in [5.74, 6) is 1.22. The van der Waals surface area contributed by atoms with Crippen molar-refractivity contribution in [3.05, 3.63) is 135 Å². The molecular formula is C42H42ClN9O6. The van der Waals surface area contributed by atoms with Crippen molar-refractivity contribution in [2.24, 2.45) is 0 Å². The van der Waals surface area contributed by atoms with Gasteiger partial charge in [0, 0.05) is 37.8 Å². The zero-order valence-corrected chi connectivity index (χ0v) is 33.3. The molecular weight excluding hydrogens is 762 g/mol. The van der Waals surface area contributed by atoms with E-state index in [1.807, 2.05) is 54.3 Å². The van der Waals surface area contributed by atoms with E-state index in [0.29, 0.717) is 70.1 Å². The summed E-state index contributed by atoms with van der Waals surface area (Å²) >= 11 is 6.47. The second-order valence-electron chi connectivity index (χ2n) is 13.5. The number of amides is 2. The van der Waals surface area contributed by atoms with Crippen molar-refractivity contribution >= 4 is 46.1 Å². The molecule has 0 aliphatic carbocycles. The van der Waals surface area contributed by atoms with Crippen LogP contribution in [-0.4, -0.2) is 86.2 Å². The second kappa shape index (κ2) is 17.2. The highest BCUT2D eigenvalue weighted by Crippen LogP contribution is 2.29. The smallest absolute Gasteiger partial charge is 0.299 e. The van der Waals surface area contributed by atoms with Crippen LogP contribution in [0, 0.1) is 6.92 Å². The molecule has 1 fully saturated rings. The Balaban J connectivity index is 1.20. The summed E-state index contributed by atoms with van der Waals surface area (Å²) in [4.78, 5) is 59.2. The van der Waals surface area contributed by atoms with Gasteiger partial charge in [0.25, 0.3) is 11.5 Å². The van der Waals surface area contributed by atoms with E-state index in [2.05, 4.69) is 27.0 Å². The van der Waals surface area contributed by atoms with Gasteiger partial charge in [-0.3, -0.25) is 14.4 Å². The van der Waals surface area contributed by atoms with Gasteiger partial charge in [-0.25, -0.2) is 9.97 Å². The molecule has 1 aliphatic heterocycles. The average molecular weight is 804 g/mol. The second-order valence-corrected chi connectivity index (χ2v) is 13.9. The Morgan fingerprint density at radius 1 is 0.931 bits per heavy atom. The number of carbonyl (C=O) groups excluding carboxylic acids is 2. The minimum Gasteiger partial charge on any atom is -0.497 e. The zero-order chi connectivity index (χ0) is 40.9. The minimum absolute atomic E-state index is 0.169. The first-order valence-corrected chi connectivity index (χ1v) is 19.0. The molecule has 0 unspecified atom stereocenters. The molecule has 1 aliphatic rings. The van der Waals surface area contributed by atoms with Gasteiger partial charge in [0.1, 0.15) is 36.7 Å². The molecule has 0 saturated carbocycles. The zero-order valence-electron chi connectivity index (χ0n) is 32.6. The van der Waals surface area contributed by atoms with E-state index in [1.54, 1.807) is 53.8 Å². The molecule has 2 amide bonds. The molecule has 3 aromatic carbocycles. The Bertz CT molecular complexity index is 2550. The summed E-state index contributed by atoms with van der Waals surface area (Å²) in [7, 11) is 3.11. The number of carbonyl (C=O) groups is 2. The van der Waals surface area contributed by atoms with Crippen LogP contribution < -0.4 is 30.0 Å². The lowest BCUT2D eigenvalue weighted by Gasteiger charge is -2.36. The highest BCUT2D eigenvalue weighted by molar-refractivity contribution is 6.33. The standard InChI is InChI=1S/C42H42ClN9O6/c1-6-34-37(49-18-20-50(21-19-49)40(54)36-38(27(3)44-25-45-36)58-24-28-10-8-7-9-11-28)41(55)52-42(47-39(48-52)26(2)29-12-14-30(56-4)15-13-29)51(34)23-35(53)46-33-17-16-31(57-5)22-32(33)43/h7-17,22,25H,2,6,18-21,23-24H2,1,3-5H3,(H,46,53). The van der Waals surface area contributed by atoms with E-state index >= 15 is 0 Å². The number of anilines is 2. The SMILES string of the molecule is C=C(c1ccc(OC)cc1)c1nc2n(CC(=O)Nc3ccc(OC)cc3Cl)c(CC)c(N3CCN(C(=O)c4ncnc(C)c4OCc4ccccc4)CC3)c(=O)n2n1. The van der Waals surface area contributed by atoms with Crippen LogP contribution in [0.15, 0.2) is 90.5 Å². The van der Waals surface area contributed by atoms with Crippen molar-refractivity contribution in [2.75, 3.05) is 50.6 Å². The molecule has 0 radical (unpaired) electrons. The molecule has 298 valence electrons. The molecule has 4 heterocycles. The van der Waals surface area contributed by atoms with Gasteiger partial charge >= 0.3 is 0 Å². The number of piperazine rings is 1. The largest absolute Gasteiger partial charge is 0.497 e. The number of nitrogens with zero attached hydrogens (tertiary/aromatic N) is 8. The molecule has 15 nitrogen and oxygen atoms in total. The van der Waals surface area contributed by atoms with Crippen molar-refractivity contribution in [1.29, 1.82) is 0 Å². The Morgan fingerprint density at radius 3 is 2.31 bits per heavy atom. The molecule has 16 heteroatoms. The molecule has 3 aromatic heterocycles. The molecule has 58 heavy (non-hydrogen) atoms. The summed E-state index contributed by atoms with van der Waals surface area (Å²) in [6.45, 7) is 9.15. The predicted octanol–water partition coefficient (Wildman–Crippen LogP) is 5.46. The third-order valence-corrected chi connectivity index (χ3v) is 10.2. The van der Waals surface area contributed by atoms with Gasteiger partial charge in [-0.1, -0.05) is 67.6 Å². The predicted molar refractivity (Wildman–Crippen MR) is 220 cm³/mol. The van der Waals surface area contributed by atoms with Crippen LogP contribution in [0.5, 0.6) is 17.2 Å². The fourth-order valence-corrected chi connectivity index (χ4v) is 7.05. The first-order chi connectivity index (χ1) is 28.1. The lowest BCUT2D eigenvalue weighted by molar-refractivity contribution is -0.116. The molecule has 0 atom stereocenters. The van der Waals surface area contributed by atoms with Crippen molar-refractivity contribution in [2.45, 2.75) is 33.4 Å². The van der Waals surface area contributed by atoms with Crippen molar-refractivity contribution in [3.8, 4) is 17.2 Å². The van der Waals surface area contributed by atoms with Gasteiger partial charge in [-0.2, -0.15) is 9.50 Å². The Hall–Kier alpha value is -6.74. The number of ether oxygens (including phenoxy) is 3. The molecule has 0 bridgehead atoms. The minimum atomic E-state index is -0.411. The number of halogens is 1. The van der Waals surface area contributed by atoms with Crippen LogP contribution in [0.3, 0.4) is 0 Å². The maximum atomic E-state index is 14.5. The number of rotatable bonds is 13. The number of hydrogen-bond donors (Lipinski definition) is 1. The summed E-state index contributed by atoms with van der Waals surface area (Å²) in [5.41, 5.74) is 3.78. The van der Waals surface area contributed by atoms with E-state index in [9.17, 15) is 14.4 Å². The van der Waals surface area contributed by atoms with Gasteiger partial charge in [0.2, 0.25) is 11.7 Å². The number of aromatic nitrogens is 6. The number of fused-ring (bicyclic) bond motifs is 1. The van der Waals surface area contributed by atoms with Crippen LogP contribution in [-0.2, 0) is 24.4 Å². The van der Waals surface area contributed by atoms with Gasteiger partial charge < -0.3 is 33.9 Å². The average Bonchev–Trinajstić information content (AvgIpc) is 3.71. The molecule has 6 aromatic rings. The Morgan fingerprint density at radius 2 is 1.64 bits per heavy atom. The number of aryl methyl sites for hydroxylation is 1. The van der Waals surface area contributed by atoms with Crippen molar-refractivity contribution < 1.29 is 23.8 Å². The Kier molecular flexibility index (Phi) is 11.7. The third kappa shape index (κ3) is 8.07. The van der Waals surface area contributed by atoms with Crippen molar-refractivity contribution in [3.63, 3.8) is 0 Å². The lowest BCUT2D eigenvalue weighted by Crippen LogP contribution is -2.51. The normalized spacial score (nSPS) is 12.7. The summed E-state index contributed by atoms with van der Waals surface area (Å²) < 4.78 is 19.6. The maximum absolute atomic E-state index is 14.5. The van der Waals surface area contributed by atoms with Crippen LogP contribution in [0.1, 0.15) is 45.8 Å². The van der Waals surface area contributed by atoms with Gasteiger partial charge in [-0.05, 0) is 48.7 Å². The van der Waals surface area contributed by atoms with Crippen molar-refractivity contribution in [1.82, 2.24) is 34.0 Å². The van der Waals surface area contributed by atoms with E-state index in [0.717, 1.165) is 11.1 Å². The highest BCUT2D eigenvalue weighted by atomic mass is 35.5. The maximum Gasteiger partial charge on any atom is 0.299 e. The number of hydrogen-bond acceptors (Lipinski definition) is 11. The highest BCUT2D eigenvalue weighted by Gasteiger charge is 2.31. The lowest BCUT2D eigenvalue weighted by atomic mass is 10.1. The summed E-state index contributed by atoms with van der Waals surface area (Å²) in [6.07, 6.45) is 1.73. The molecule has 7 rings (SSSR count). The van der Waals surface area contributed by atoms with Gasteiger partial charge in [-0.15, -0.1) is 5.10 Å². The number of nitrogens with one attached hydrogen (secondary N) is 1. The fourth-order valence-electron chi connectivity index (χ4n) is 6.84. The first kappa shape index (κ1) is 39.5. The van der Waals surface area contributed by atoms with Crippen LogP contribution in [0.2, 0.25) is 5.02 Å². The molecule has 0 spiro atoms. The molecule has 1 saturated heterocycles. The Labute approximate surface area is 339 Å². The number of benzene rings is 3. The van der Waals surface area contributed by atoms with E-state index in [1.165, 1.54) is 18.0 Å². The van der Waals surface area contributed by atoms with Crippen LogP contribution >= 0.6 is 11.6 Å². The van der Waals surface area contributed by atoms with E-state index in [-0.39, 0.29) is 49.4 Å². The van der Waals surface area contributed by atoms with Crippen LogP contribution in [0.4, 0.5) is 11.4 Å². The van der Waals surface area contributed by atoms with Crippen LogP contribution in [0.25, 0.3) is 11.4 Å². The number of methoxy groups -OCH3 is 2. The summed E-state index contributed by atoms with van der Waals surface area (Å²) in [5, 5.41) is 7.82. The van der Waals surface area contributed by atoms with Gasteiger partial charge in [0.05, 0.1) is 36.3 Å². The fraction of sp³-hybridized carbons (Fsp3) is 0.262. The first-order valence-electron chi connectivity index (χ1n) is 18.6. The summed E-state index contributed by atoms with van der Waals surface area (Å²) in [6, 6.07) is 21.9. The van der Waals surface area contributed by atoms with E-state index < -0.39 is 11.5 Å². The van der Waals surface area contributed by atoms with E-state index in [4.69, 9.17) is 30.8 Å². The molecule has 1 N–H and O–H groups in total. The topological polar surface area (TPSA) is 158 Å². The quantitative estimate of drug-likeness (QED) is 0.158. The monoisotopic (exact) mass is 803 g/mol. The third-order valence-electron chi connectivity index (χ3n) is 9.91.